The zero-order valence-electron chi connectivity index (χ0n) is 12.1. The second-order valence-corrected chi connectivity index (χ2v) is 4.64. The summed E-state index contributed by atoms with van der Waals surface area (Å²) in [5.41, 5.74) is 0.585. The quantitative estimate of drug-likeness (QED) is 0.858. The minimum atomic E-state index is -0.325. The van der Waals surface area contributed by atoms with E-state index < -0.39 is 0 Å². The number of rotatable bonds is 6. The maximum atomic E-state index is 13.6. The highest BCUT2D eigenvalue weighted by molar-refractivity contribution is 5.81. The van der Waals surface area contributed by atoms with Crippen molar-refractivity contribution in [1.82, 2.24) is 10.2 Å². The van der Waals surface area contributed by atoms with Gasteiger partial charge in [-0.2, -0.15) is 0 Å². The van der Waals surface area contributed by atoms with E-state index in [4.69, 9.17) is 0 Å². The summed E-state index contributed by atoms with van der Waals surface area (Å²) in [6.45, 7) is 8.97. The van der Waals surface area contributed by atoms with E-state index in [9.17, 15) is 9.18 Å². The van der Waals surface area contributed by atoms with Crippen LogP contribution < -0.4 is 5.32 Å². The molecule has 1 rings (SSSR count). The molecule has 0 saturated heterocycles. The fourth-order valence-corrected chi connectivity index (χ4v) is 2.17. The second kappa shape index (κ2) is 7.24. The van der Waals surface area contributed by atoms with Crippen LogP contribution in [0.5, 0.6) is 0 Å². The number of nitrogens with one attached hydrogen (secondary N) is 1. The number of nitrogens with zero attached hydrogens (tertiary/aromatic N) is 1. The largest absolute Gasteiger partial charge is 0.342 e. The molecular formula is C15H23FN2O. The minimum absolute atomic E-state index is 0.0492. The molecule has 0 heterocycles. The van der Waals surface area contributed by atoms with Gasteiger partial charge < -0.3 is 4.90 Å². The molecule has 0 radical (unpaired) electrons. The van der Waals surface area contributed by atoms with Gasteiger partial charge in [0.2, 0.25) is 5.91 Å². The molecule has 0 spiro atoms. The third-order valence-corrected chi connectivity index (χ3v) is 3.32. The summed E-state index contributed by atoms with van der Waals surface area (Å²) in [6, 6.07) is 6.11. The number of likely N-dealkylation sites (N-methyl/N-ethyl adjacent to an activating group) is 1. The van der Waals surface area contributed by atoms with Crippen molar-refractivity contribution in [2.24, 2.45) is 0 Å². The number of amides is 1. The third-order valence-electron chi connectivity index (χ3n) is 3.32. The van der Waals surface area contributed by atoms with Crippen molar-refractivity contribution in [2.45, 2.75) is 39.8 Å². The normalized spacial score (nSPS) is 13.9. The molecule has 0 aromatic heterocycles. The van der Waals surface area contributed by atoms with Gasteiger partial charge in [-0.3, -0.25) is 10.1 Å². The number of halogens is 1. The average Bonchev–Trinajstić information content (AvgIpc) is 2.40. The smallest absolute Gasteiger partial charge is 0.239 e. The van der Waals surface area contributed by atoms with E-state index in [1.54, 1.807) is 23.1 Å². The van der Waals surface area contributed by atoms with Crippen molar-refractivity contribution >= 4 is 5.91 Å². The Morgan fingerprint density at radius 2 is 1.84 bits per heavy atom. The predicted molar refractivity (Wildman–Crippen MR) is 75.3 cm³/mol. The van der Waals surface area contributed by atoms with Crippen molar-refractivity contribution < 1.29 is 9.18 Å². The molecular weight excluding hydrogens is 243 g/mol. The van der Waals surface area contributed by atoms with E-state index in [2.05, 4.69) is 5.32 Å². The maximum Gasteiger partial charge on any atom is 0.239 e. The van der Waals surface area contributed by atoms with Gasteiger partial charge in [-0.05, 0) is 33.8 Å². The highest BCUT2D eigenvalue weighted by Crippen LogP contribution is 2.16. The van der Waals surface area contributed by atoms with Crippen LogP contribution in [0.15, 0.2) is 24.3 Å². The molecule has 19 heavy (non-hydrogen) atoms. The first-order chi connectivity index (χ1) is 9.01. The summed E-state index contributed by atoms with van der Waals surface area (Å²) < 4.78 is 13.6. The number of benzene rings is 1. The topological polar surface area (TPSA) is 32.3 Å². The first kappa shape index (κ1) is 15.6. The van der Waals surface area contributed by atoms with E-state index in [-0.39, 0.29) is 23.8 Å². The molecule has 1 amide bonds. The first-order valence-electron chi connectivity index (χ1n) is 6.80. The Bertz CT molecular complexity index is 418. The van der Waals surface area contributed by atoms with Crippen LogP contribution in [-0.2, 0) is 4.79 Å². The van der Waals surface area contributed by atoms with Gasteiger partial charge in [-0.25, -0.2) is 4.39 Å². The molecule has 0 fully saturated rings. The fourth-order valence-electron chi connectivity index (χ4n) is 2.17. The molecule has 3 nitrogen and oxygen atoms in total. The van der Waals surface area contributed by atoms with Gasteiger partial charge in [0.1, 0.15) is 5.82 Å². The molecule has 0 aliphatic carbocycles. The van der Waals surface area contributed by atoms with Gasteiger partial charge in [0.15, 0.2) is 0 Å². The van der Waals surface area contributed by atoms with Gasteiger partial charge in [-0.1, -0.05) is 18.2 Å². The molecule has 4 heteroatoms. The molecule has 0 bridgehead atoms. The molecule has 1 unspecified atom stereocenters. The highest BCUT2D eigenvalue weighted by atomic mass is 19.1. The summed E-state index contributed by atoms with van der Waals surface area (Å²) in [4.78, 5) is 13.9. The van der Waals surface area contributed by atoms with Crippen LogP contribution in [0.25, 0.3) is 0 Å². The van der Waals surface area contributed by atoms with Gasteiger partial charge in [-0.15, -0.1) is 0 Å². The zero-order valence-corrected chi connectivity index (χ0v) is 12.1. The van der Waals surface area contributed by atoms with E-state index in [1.807, 2.05) is 27.7 Å². The Hall–Kier alpha value is -1.42. The van der Waals surface area contributed by atoms with Gasteiger partial charge in [0.25, 0.3) is 0 Å². The van der Waals surface area contributed by atoms with E-state index in [1.165, 1.54) is 6.07 Å². The molecule has 1 aromatic carbocycles. The summed E-state index contributed by atoms with van der Waals surface area (Å²) in [6.07, 6.45) is 0. The highest BCUT2D eigenvalue weighted by Gasteiger charge is 2.21. The Balaban J connectivity index is 2.69. The Morgan fingerprint density at radius 1 is 1.26 bits per heavy atom. The average molecular weight is 266 g/mol. The summed E-state index contributed by atoms with van der Waals surface area (Å²) in [5, 5.41) is 3.15. The lowest BCUT2D eigenvalue weighted by Gasteiger charge is -2.26. The van der Waals surface area contributed by atoms with Crippen molar-refractivity contribution in [2.75, 3.05) is 13.1 Å². The Labute approximate surface area is 114 Å². The van der Waals surface area contributed by atoms with Crippen LogP contribution in [0.2, 0.25) is 0 Å². The monoisotopic (exact) mass is 266 g/mol. The molecule has 2 atom stereocenters. The SMILES string of the molecule is CCN(CC)C(=O)C(C)N[C@H](C)c1ccccc1F. The van der Waals surface area contributed by atoms with Crippen molar-refractivity contribution in [3.63, 3.8) is 0 Å². The Morgan fingerprint density at radius 3 is 2.37 bits per heavy atom. The first-order valence-corrected chi connectivity index (χ1v) is 6.80. The molecule has 1 aromatic rings. The number of carbonyl (C=O) groups is 1. The second-order valence-electron chi connectivity index (χ2n) is 4.64. The predicted octanol–water partition coefficient (Wildman–Crippen LogP) is 2.73. The summed E-state index contributed by atoms with van der Waals surface area (Å²) in [5.74, 6) is -0.196. The molecule has 0 aliphatic heterocycles. The van der Waals surface area contributed by atoms with Crippen molar-refractivity contribution in [3.8, 4) is 0 Å². The van der Waals surface area contributed by atoms with Crippen LogP contribution in [0, 0.1) is 5.82 Å². The molecule has 106 valence electrons. The lowest BCUT2D eigenvalue weighted by Crippen LogP contribution is -2.45. The maximum absolute atomic E-state index is 13.6. The van der Waals surface area contributed by atoms with Gasteiger partial charge >= 0.3 is 0 Å². The summed E-state index contributed by atoms with van der Waals surface area (Å²) >= 11 is 0. The third kappa shape index (κ3) is 4.03. The van der Waals surface area contributed by atoms with E-state index in [0.29, 0.717) is 18.7 Å². The van der Waals surface area contributed by atoms with Crippen LogP contribution >= 0.6 is 0 Å². The standard InChI is InChI=1S/C15H23FN2O/c1-5-18(6-2)15(19)12(4)17-11(3)13-9-7-8-10-14(13)16/h7-12,17H,5-6H2,1-4H3/t11-,12?/m1/s1. The van der Waals surface area contributed by atoms with Gasteiger partial charge in [0, 0.05) is 24.7 Å². The molecule has 0 saturated carbocycles. The van der Waals surface area contributed by atoms with Crippen LogP contribution in [0.4, 0.5) is 4.39 Å². The number of hydrogen-bond acceptors (Lipinski definition) is 2. The van der Waals surface area contributed by atoms with E-state index in [0.717, 1.165) is 0 Å². The molecule has 1 N–H and O–H groups in total. The lowest BCUT2D eigenvalue weighted by atomic mass is 10.1. The zero-order chi connectivity index (χ0) is 14.4. The fraction of sp³-hybridized carbons (Fsp3) is 0.533. The number of hydrogen-bond donors (Lipinski definition) is 1. The van der Waals surface area contributed by atoms with Crippen molar-refractivity contribution in [1.29, 1.82) is 0 Å². The van der Waals surface area contributed by atoms with Crippen LogP contribution in [0.3, 0.4) is 0 Å². The Kier molecular flexibility index (Phi) is 5.96. The van der Waals surface area contributed by atoms with E-state index >= 15 is 0 Å². The van der Waals surface area contributed by atoms with Crippen molar-refractivity contribution in [3.05, 3.63) is 35.6 Å². The molecule has 0 aliphatic rings. The number of carbonyl (C=O) groups excluding carboxylic acids is 1. The minimum Gasteiger partial charge on any atom is -0.342 e. The van der Waals surface area contributed by atoms with Crippen LogP contribution in [0.1, 0.15) is 39.3 Å². The summed E-state index contributed by atoms with van der Waals surface area (Å²) in [7, 11) is 0. The lowest BCUT2D eigenvalue weighted by molar-refractivity contribution is -0.132. The van der Waals surface area contributed by atoms with Crippen LogP contribution in [-0.4, -0.2) is 29.9 Å². The van der Waals surface area contributed by atoms with Gasteiger partial charge in [0.05, 0.1) is 6.04 Å².